The zero-order chi connectivity index (χ0) is 22.8. The number of nitrogens with one attached hydrogen (secondary N) is 1. The number of nitrogens with two attached hydrogens (primary N) is 1. The van der Waals surface area contributed by atoms with E-state index in [2.05, 4.69) is 15.5 Å². The fourth-order valence-electron chi connectivity index (χ4n) is 3.27. The molecule has 0 aromatic carbocycles. The SMILES string of the molecule is Nc1nc(/C(=N\O)C(=O)N[C@@H]2C(=O)N3C(C(=O)[O-])=C(/C=C/[n+]4ccccc4)CS[C@H]23)cs1. The summed E-state index contributed by atoms with van der Waals surface area (Å²) in [6, 6.07) is 4.49. The molecule has 2 aromatic heterocycles. The van der Waals surface area contributed by atoms with E-state index >= 15 is 0 Å². The Hall–Kier alpha value is -3.71. The van der Waals surface area contributed by atoms with Gasteiger partial charge in [-0.3, -0.25) is 14.5 Å². The van der Waals surface area contributed by atoms with E-state index in [0.29, 0.717) is 5.57 Å². The molecule has 2 atom stereocenters. The molecule has 0 bridgehead atoms. The molecule has 164 valence electrons. The first-order valence-electron chi connectivity index (χ1n) is 9.18. The van der Waals surface area contributed by atoms with Gasteiger partial charge in [-0.15, -0.1) is 23.1 Å². The molecule has 0 aliphatic carbocycles. The first-order chi connectivity index (χ1) is 15.4. The molecule has 0 radical (unpaired) electrons. The van der Waals surface area contributed by atoms with E-state index in [1.165, 1.54) is 17.1 Å². The fraction of sp³-hybridized carbons (Fsp3) is 0.158. The second kappa shape index (κ2) is 8.80. The number of hydrogen-bond donors (Lipinski definition) is 3. The molecule has 13 heteroatoms. The number of carboxylic acid groups (broad SMARTS) is 1. The maximum atomic E-state index is 12.7. The number of β-lactam (4-membered cyclic amide) rings is 1. The lowest BCUT2D eigenvalue weighted by Gasteiger charge is -2.50. The fourth-order valence-corrected chi connectivity index (χ4v) is 5.13. The van der Waals surface area contributed by atoms with Crippen LogP contribution in [0.25, 0.3) is 6.20 Å². The molecule has 1 saturated heterocycles. The average molecular weight is 473 g/mol. The third-order valence-electron chi connectivity index (χ3n) is 4.74. The Morgan fingerprint density at radius 3 is 2.75 bits per heavy atom. The molecule has 0 spiro atoms. The van der Waals surface area contributed by atoms with Gasteiger partial charge in [0.05, 0.1) is 11.7 Å². The predicted octanol–water partition coefficient (Wildman–Crippen LogP) is -1.23. The molecule has 32 heavy (non-hydrogen) atoms. The normalized spacial score (nSPS) is 20.8. The molecule has 11 nitrogen and oxygen atoms in total. The van der Waals surface area contributed by atoms with E-state index in [-0.39, 0.29) is 22.3 Å². The van der Waals surface area contributed by atoms with Crippen LogP contribution in [0.3, 0.4) is 0 Å². The minimum absolute atomic E-state index is 0.0635. The Balaban J connectivity index is 1.52. The Bertz CT molecular complexity index is 1180. The van der Waals surface area contributed by atoms with E-state index < -0.39 is 34.9 Å². The number of nitrogen functional groups attached to an aromatic ring is 1. The number of thioether (sulfide) groups is 1. The number of nitrogens with zero attached hydrogens (tertiary/aromatic N) is 4. The summed E-state index contributed by atoms with van der Waals surface area (Å²) in [6.45, 7) is 0. The molecule has 2 aliphatic heterocycles. The number of anilines is 1. The van der Waals surface area contributed by atoms with Crippen molar-refractivity contribution in [1.29, 1.82) is 0 Å². The number of hydrogen-bond acceptors (Lipinski definition) is 10. The summed E-state index contributed by atoms with van der Waals surface area (Å²) < 4.78 is 1.73. The second-order valence-corrected chi connectivity index (χ2v) is 8.67. The average Bonchev–Trinajstić information content (AvgIpc) is 3.22. The van der Waals surface area contributed by atoms with Crippen molar-refractivity contribution in [2.24, 2.45) is 5.16 Å². The largest absolute Gasteiger partial charge is 0.543 e. The van der Waals surface area contributed by atoms with Gasteiger partial charge in [0.1, 0.15) is 17.1 Å². The van der Waals surface area contributed by atoms with Gasteiger partial charge in [-0.2, -0.15) is 4.57 Å². The van der Waals surface area contributed by atoms with E-state index in [9.17, 15) is 24.7 Å². The Morgan fingerprint density at radius 2 is 2.12 bits per heavy atom. The predicted molar refractivity (Wildman–Crippen MR) is 114 cm³/mol. The number of aliphatic carboxylic acids is 1. The minimum atomic E-state index is -1.48. The van der Waals surface area contributed by atoms with E-state index in [1.807, 2.05) is 18.2 Å². The molecule has 4 N–H and O–H groups in total. The summed E-state index contributed by atoms with van der Waals surface area (Å²) in [4.78, 5) is 42.1. The molecular weight excluding hydrogens is 456 g/mol. The summed E-state index contributed by atoms with van der Waals surface area (Å²) in [5.41, 5.74) is 5.38. The van der Waals surface area contributed by atoms with Gasteiger partial charge in [-0.1, -0.05) is 11.2 Å². The lowest BCUT2D eigenvalue weighted by atomic mass is 10.0. The standard InChI is InChI=1S/C19H16N6O5S2/c20-19-21-11(9-32-19)12(23-30)15(26)22-13-16(27)25-14(18(28)29)10(8-31-17(13)25)4-7-24-5-2-1-3-6-24/h1-7,9,13,17H,8H2,(H4-,20,21,22,26,28,29,30)/b7-4+/t13-,17-/m1/s1. The van der Waals surface area contributed by atoms with Gasteiger partial charge in [0, 0.05) is 29.3 Å². The van der Waals surface area contributed by atoms with Crippen LogP contribution >= 0.6 is 23.1 Å². The van der Waals surface area contributed by atoms with Gasteiger partial charge >= 0.3 is 0 Å². The molecule has 1 fully saturated rings. The second-order valence-electron chi connectivity index (χ2n) is 6.68. The van der Waals surface area contributed by atoms with Crippen molar-refractivity contribution < 1.29 is 29.3 Å². The van der Waals surface area contributed by atoms with Crippen LogP contribution in [0.15, 0.2) is 58.5 Å². The summed E-state index contributed by atoms with van der Waals surface area (Å²) >= 11 is 2.35. The van der Waals surface area contributed by atoms with Gasteiger partial charge < -0.3 is 26.2 Å². The van der Waals surface area contributed by atoms with Crippen LogP contribution in [0, 0.1) is 0 Å². The van der Waals surface area contributed by atoms with Crippen molar-refractivity contribution in [3.63, 3.8) is 0 Å². The Labute approximate surface area is 189 Å². The first-order valence-corrected chi connectivity index (χ1v) is 11.1. The number of oxime groups is 1. The molecule has 2 aliphatic rings. The molecule has 2 amide bonds. The number of rotatable bonds is 6. The molecule has 0 unspecified atom stereocenters. The Kier molecular flexibility index (Phi) is 5.92. The van der Waals surface area contributed by atoms with Crippen molar-refractivity contribution in [3.05, 3.63) is 59.0 Å². The number of carbonyl (C=O) groups is 3. The van der Waals surface area contributed by atoms with Crippen molar-refractivity contribution in [2.45, 2.75) is 11.4 Å². The topological polar surface area (TPSA) is 165 Å². The maximum absolute atomic E-state index is 12.7. The molecule has 4 rings (SSSR count). The number of thiazole rings is 1. The lowest BCUT2D eigenvalue weighted by molar-refractivity contribution is -0.568. The zero-order valence-electron chi connectivity index (χ0n) is 16.2. The van der Waals surface area contributed by atoms with Crippen LogP contribution in [-0.2, 0) is 14.4 Å². The number of pyridine rings is 1. The number of carboxylic acids is 1. The van der Waals surface area contributed by atoms with Crippen LogP contribution < -0.4 is 20.7 Å². The van der Waals surface area contributed by atoms with Crippen LogP contribution in [0.1, 0.15) is 5.69 Å². The highest BCUT2D eigenvalue weighted by Crippen LogP contribution is 2.40. The van der Waals surface area contributed by atoms with Gasteiger partial charge in [-0.25, -0.2) is 4.98 Å². The summed E-state index contributed by atoms with van der Waals surface area (Å²) in [7, 11) is 0. The molecular formula is C19H16N6O5S2. The zero-order valence-corrected chi connectivity index (χ0v) is 17.9. The van der Waals surface area contributed by atoms with Gasteiger partial charge in [0.2, 0.25) is 0 Å². The molecule has 2 aromatic rings. The highest BCUT2D eigenvalue weighted by molar-refractivity contribution is 8.00. The number of aromatic nitrogens is 2. The third kappa shape index (κ3) is 3.94. The van der Waals surface area contributed by atoms with E-state index in [0.717, 1.165) is 16.2 Å². The van der Waals surface area contributed by atoms with E-state index in [4.69, 9.17) is 5.73 Å². The van der Waals surface area contributed by atoms with Crippen molar-refractivity contribution in [1.82, 2.24) is 15.2 Å². The summed E-state index contributed by atoms with van der Waals surface area (Å²) in [6.07, 6.45) is 6.85. The highest BCUT2D eigenvalue weighted by atomic mass is 32.2. The van der Waals surface area contributed by atoms with Gasteiger partial charge in [0.15, 0.2) is 29.4 Å². The van der Waals surface area contributed by atoms with Gasteiger partial charge in [-0.05, 0) is 5.57 Å². The first kappa shape index (κ1) is 21.5. The maximum Gasteiger partial charge on any atom is 0.276 e. The molecule has 0 saturated carbocycles. The number of carbonyl (C=O) groups excluding carboxylic acids is 3. The Morgan fingerprint density at radius 1 is 1.38 bits per heavy atom. The highest BCUT2D eigenvalue weighted by Gasteiger charge is 2.53. The lowest BCUT2D eigenvalue weighted by Crippen LogP contribution is -2.71. The summed E-state index contributed by atoms with van der Waals surface area (Å²) in [5, 5.41) is 27.4. The quantitative estimate of drug-likeness (QED) is 0.154. The van der Waals surface area contributed by atoms with Crippen molar-refractivity contribution in [2.75, 3.05) is 11.5 Å². The van der Waals surface area contributed by atoms with Crippen LogP contribution in [0.5, 0.6) is 0 Å². The number of fused-ring (bicyclic) bond motifs is 1. The van der Waals surface area contributed by atoms with Crippen LogP contribution in [-0.4, -0.2) is 55.8 Å². The van der Waals surface area contributed by atoms with E-state index in [1.54, 1.807) is 29.2 Å². The van der Waals surface area contributed by atoms with Crippen LogP contribution in [0.2, 0.25) is 0 Å². The van der Waals surface area contributed by atoms with Crippen molar-refractivity contribution >= 4 is 57.9 Å². The summed E-state index contributed by atoms with van der Waals surface area (Å²) in [5.74, 6) is -2.64. The van der Waals surface area contributed by atoms with Gasteiger partial charge in [0.25, 0.3) is 11.8 Å². The molecule has 4 heterocycles. The smallest absolute Gasteiger partial charge is 0.276 e. The van der Waals surface area contributed by atoms with Crippen molar-refractivity contribution in [3.8, 4) is 0 Å². The minimum Gasteiger partial charge on any atom is -0.543 e. The number of allylic oxidation sites excluding steroid dienone is 1. The third-order valence-corrected chi connectivity index (χ3v) is 6.72. The monoisotopic (exact) mass is 472 g/mol. The number of amides is 2. The van der Waals surface area contributed by atoms with Crippen LogP contribution in [0.4, 0.5) is 5.13 Å².